The summed E-state index contributed by atoms with van der Waals surface area (Å²) in [6, 6.07) is 3.45. The Kier molecular flexibility index (Phi) is 6.22. The van der Waals surface area contributed by atoms with Crippen LogP contribution in [0.25, 0.3) is 5.70 Å². The van der Waals surface area contributed by atoms with Gasteiger partial charge in [-0.1, -0.05) is 0 Å². The molecule has 0 aromatic carbocycles. The number of aromatic nitrogens is 3. The number of ether oxygens (including phenoxy) is 1. The van der Waals surface area contributed by atoms with Gasteiger partial charge in [0.1, 0.15) is 24.2 Å². The van der Waals surface area contributed by atoms with E-state index in [0.717, 1.165) is 31.4 Å². The molecule has 1 amide bonds. The first kappa shape index (κ1) is 23.9. The number of nitrogens with zero attached hydrogens (tertiary/aromatic N) is 4. The van der Waals surface area contributed by atoms with Crippen LogP contribution in [0.5, 0.6) is 5.88 Å². The summed E-state index contributed by atoms with van der Waals surface area (Å²) in [6.45, 7) is 0.575. The Morgan fingerprint density at radius 3 is 2.56 bits per heavy atom. The third-order valence-corrected chi connectivity index (χ3v) is 6.79. The maximum Gasteiger partial charge on any atom is 0.417 e. The summed E-state index contributed by atoms with van der Waals surface area (Å²) < 4.78 is 44.3. The topological polar surface area (TPSA) is 139 Å². The van der Waals surface area contributed by atoms with Gasteiger partial charge in [-0.05, 0) is 25.3 Å². The van der Waals surface area contributed by atoms with Crippen molar-refractivity contribution in [1.82, 2.24) is 20.3 Å². The van der Waals surface area contributed by atoms with Crippen molar-refractivity contribution in [1.29, 1.82) is 0 Å². The first-order valence-corrected chi connectivity index (χ1v) is 11.7. The fourth-order valence-corrected chi connectivity index (χ4v) is 5.09. The lowest BCUT2D eigenvalue weighted by Crippen LogP contribution is -2.47. The SMILES string of the molecule is N/C(=C\O)c1cc(N[C@H]2CCNC2=O)nc(N2[C@@H]3CC[C@H]2CC(Oc2ccc(C(F)(F)F)cn2)C3)n1. The van der Waals surface area contributed by atoms with E-state index in [2.05, 4.69) is 30.5 Å². The van der Waals surface area contributed by atoms with E-state index in [9.17, 15) is 23.1 Å². The minimum atomic E-state index is -4.45. The zero-order valence-corrected chi connectivity index (χ0v) is 19.2. The highest BCUT2D eigenvalue weighted by atomic mass is 19.4. The van der Waals surface area contributed by atoms with E-state index >= 15 is 0 Å². The van der Waals surface area contributed by atoms with E-state index in [1.807, 2.05) is 0 Å². The molecule has 3 aliphatic heterocycles. The van der Waals surface area contributed by atoms with Crippen molar-refractivity contribution < 1.29 is 27.8 Å². The number of amides is 1. The zero-order chi connectivity index (χ0) is 25.4. The normalized spacial score (nSPS) is 26.1. The van der Waals surface area contributed by atoms with Crippen molar-refractivity contribution in [2.75, 3.05) is 16.8 Å². The molecule has 2 aromatic heterocycles. The summed E-state index contributed by atoms with van der Waals surface area (Å²) >= 11 is 0. The number of pyridine rings is 1. The van der Waals surface area contributed by atoms with Crippen molar-refractivity contribution in [2.24, 2.45) is 5.73 Å². The highest BCUT2D eigenvalue weighted by Crippen LogP contribution is 2.40. The molecule has 5 rings (SSSR count). The van der Waals surface area contributed by atoms with Crippen LogP contribution < -0.4 is 26.0 Å². The molecule has 5 heterocycles. The number of aliphatic hydroxyl groups excluding tert-OH is 1. The molecule has 10 nitrogen and oxygen atoms in total. The average Bonchev–Trinajstić information content (AvgIpc) is 3.37. The van der Waals surface area contributed by atoms with Crippen LogP contribution in [-0.2, 0) is 11.0 Å². The molecule has 0 spiro atoms. The minimum absolute atomic E-state index is 0.0420. The summed E-state index contributed by atoms with van der Waals surface area (Å²) in [4.78, 5) is 27.2. The molecule has 36 heavy (non-hydrogen) atoms. The summed E-state index contributed by atoms with van der Waals surface area (Å²) in [5.41, 5.74) is 5.50. The van der Waals surface area contributed by atoms with Crippen molar-refractivity contribution in [3.63, 3.8) is 0 Å². The van der Waals surface area contributed by atoms with Crippen LogP contribution in [0.4, 0.5) is 24.9 Å². The molecular weight excluding hydrogens is 479 g/mol. The number of carbonyl (C=O) groups is 1. The summed E-state index contributed by atoms with van der Waals surface area (Å²) in [5.74, 6) is 0.893. The van der Waals surface area contributed by atoms with Gasteiger partial charge in [0, 0.05) is 49.8 Å². The smallest absolute Gasteiger partial charge is 0.417 e. The third kappa shape index (κ3) is 4.82. The van der Waals surface area contributed by atoms with Gasteiger partial charge in [0.2, 0.25) is 17.7 Å². The van der Waals surface area contributed by atoms with Gasteiger partial charge < -0.3 is 31.1 Å². The van der Waals surface area contributed by atoms with Crippen molar-refractivity contribution in [3.05, 3.63) is 41.9 Å². The molecule has 5 N–H and O–H groups in total. The Bertz CT molecular complexity index is 1140. The Balaban J connectivity index is 1.33. The lowest BCUT2D eigenvalue weighted by Gasteiger charge is -2.39. The molecule has 0 radical (unpaired) electrons. The van der Waals surface area contributed by atoms with E-state index < -0.39 is 17.8 Å². The molecule has 2 bridgehead atoms. The first-order valence-electron chi connectivity index (χ1n) is 11.7. The van der Waals surface area contributed by atoms with Crippen molar-refractivity contribution in [2.45, 2.75) is 62.5 Å². The van der Waals surface area contributed by atoms with E-state index in [1.165, 1.54) is 6.07 Å². The molecule has 1 unspecified atom stereocenters. The highest BCUT2D eigenvalue weighted by Gasteiger charge is 2.43. The first-order chi connectivity index (χ1) is 17.2. The zero-order valence-electron chi connectivity index (χ0n) is 19.2. The molecule has 3 saturated heterocycles. The maximum absolute atomic E-state index is 12.8. The number of halogens is 3. The van der Waals surface area contributed by atoms with Crippen LogP contribution in [0, 0.1) is 0 Å². The third-order valence-electron chi connectivity index (χ3n) is 6.79. The molecule has 13 heteroatoms. The second kappa shape index (κ2) is 9.36. The fraction of sp³-hybridized carbons (Fsp3) is 0.478. The minimum Gasteiger partial charge on any atom is -0.513 e. The van der Waals surface area contributed by atoms with Crippen LogP contribution in [0.1, 0.15) is 43.4 Å². The number of fused-ring (bicyclic) bond motifs is 2. The molecule has 4 atom stereocenters. The van der Waals surface area contributed by atoms with Gasteiger partial charge in [-0.25, -0.2) is 9.97 Å². The highest BCUT2D eigenvalue weighted by molar-refractivity contribution is 5.86. The van der Waals surface area contributed by atoms with Crippen molar-refractivity contribution >= 4 is 23.4 Å². The predicted octanol–water partition coefficient (Wildman–Crippen LogP) is 2.58. The van der Waals surface area contributed by atoms with Crippen molar-refractivity contribution in [3.8, 4) is 5.88 Å². The van der Waals surface area contributed by atoms with Crippen LogP contribution >= 0.6 is 0 Å². The number of nitrogens with two attached hydrogens (primary N) is 1. The number of piperidine rings is 1. The molecule has 3 aliphatic rings. The number of anilines is 2. The quantitative estimate of drug-likeness (QED) is 0.436. The molecule has 192 valence electrons. The van der Waals surface area contributed by atoms with E-state index in [4.69, 9.17) is 10.5 Å². The number of alkyl halides is 3. The van der Waals surface area contributed by atoms with E-state index in [1.54, 1.807) is 6.07 Å². The predicted molar refractivity (Wildman–Crippen MR) is 124 cm³/mol. The van der Waals surface area contributed by atoms with Gasteiger partial charge in [0.05, 0.1) is 17.0 Å². The van der Waals surface area contributed by atoms with Gasteiger partial charge in [-0.3, -0.25) is 4.79 Å². The largest absolute Gasteiger partial charge is 0.513 e. The number of aliphatic hydroxyl groups is 1. The van der Waals surface area contributed by atoms with Gasteiger partial charge in [0.25, 0.3) is 0 Å². The summed E-state index contributed by atoms with van der Waals surface area (Å²) in [6.07, 6.45) is 0.473. The molecule has 2 aromatic rings. The molecule has 0 saturated carbocycles. The average molecular weight is 506 g/mol. The number of hydrogen-bond donors (Lipinski definition) is 4. The molecule has 0 aliphatic carbocycles. The Hall–Kier alpha value is -3.77. The van der Waals surface area contributed by atoms with Gasteiger partial charge in [-0.15, -0.1) is 0 Å². The van der Waals surface area contributed by atoms with Crippen LogP contribution in [0.2, 0.25) is 0 Å². The van der Waals surface area contributed by atoms with Gasteiger partial charge >= 0.3 is 6.18 Å². The fourth-order valence-electron chi connectivity index (χ4n) is 5.09. The van der Waals surface area contributed by atoms with E-state index in [0.29, 0.717) is 43.3 Å². The van der Waals surface area contributed by atoms with Gasteiger partial charge in [-0.2, -0.15) is 18.2 Å². The maximum atomic E-state index is 12.8. The number of hydrogen-bond acceptors (Lipinski definition) is 9. The number of carbonyl (C=O) groups excluding carboxylic acids is 1. The number of rotatable bonds is 6. The van der Waals surface area contributed by atoms with Crippen LogP contribution in [0.3, 0.4) is 0 Å². The number of nitrogens with one attached hydrogen (secondary N) is 2. The molecular formula is C23H26F3N7O3. The Morgan fingerprint density at radius 2 is 1.97 bits per heavy atom. The molecule has 3 fully saturated rings. The standard InChI is InChI=1S/C23H26F3N7O3/c24-23(25,26)12-1-4-20(29-10-12)36-15-7-13-2-3-14(8-15)33(13)22-31-18(16(27)11-34)9-19(32-22)30-17-5-6-28-21(17)35/h1,4,9-11,13-15,17,34H,2-3,5-8,27H2,(H,28,35)(H,30,31,32)/b16-11-/t13-,14+,15?,17-/m0/s1. The summed E-state index contributed by atoms with van der Waals surface area (Å²) in [5, 5.41) is 15.3. The Morgan fingerprint density at radius 1 is 1.22 bits per heavy atom. The van der Waals surface area contributed by atoms with E-state index in [-0.39, 0.29) is 35.7 Å². The monoisotopic (exact) mass is 505 g/mol. The van der Waals surface area contributed by atoms with Crippen LogP contribution in [-0.4, -0.2) is 56.7 Å². The Labute approximate surface area is 204 Å². The van der Waals surface area contributed by atoms with Gasteiger partial charge in [0.15, 0.2) is 0 Å². The lowest BCUT2D eigenvalue weighted by molar-refractivity contribution is -0.137. The van der Waals surface area contributed by atoms with Crippen LogP contribution in [0.15, 0.2) is 30.7 Å². The summed E-state index contributed by atoms with van der Waals surface area (Å²) in [7, 11) is 0. The lowest BCUT2D eigenvalue weighted by atomic mass is 10.00. The second-order valence-electron chi connectivity index (χ2n) is 9.19. The second-order valence-corrected chi connectivity index (χ2v) is 9.19.